The van der Waals surface area contributed by atoms with Gasteiger partial charge in [-0.2, -0.15) is 8.42 Å². The van der Waals surface area contributed by atoms with Crippen LogP contribution in [0.1, 0.15) is 51.6 Å². The van der Waals surface area contributed by atoms with Crippen LogP contribution in [0.2, 0.25) is 0 Å². The molecule has 0 amide bonds. The van der Waals surface area contributed by atoms with Gasteiger partial charge in [0.15, 0.2) is 11.3 Å². The number of carbonyl (C=O) groups excluding carboxylic acids is 2. The fraction of sp³-hybridized carbons (Fsp3) is 0.194. The molecule has 0 aliphatic heterocycles. The number of imidazole rings is 1. The minimum absolute atomic E-state index is 0.0670. The first kappa shape index (κ1) is 28.6. The number of ether oxygens (including phenoxy) is 1. The third kappa shape index (κ3) is 5.77. The summed E-state index contributed by atoms with van der Waals surface area (Å²) in [6.07, 6.45) is 3.60. The summed E-state index contributed by atoms with van der Waals surface area (Å²) in [6.45, 7) is 6.37. The molecule has 0 unspecified atom stereocenters. The van der Waals surface area contributed by atoms with E-state index in [-0.39, 0.29) is 23.6 Å². The van der Waals surface area contributed by atoms with E-state index in [9.17, 15) is 18.0 Å². The summed E-state index contributed by atoms with van der Waals surface area (Å²) >= 11 is 0. The number of carbonyl (C=O) groups is 2. The normalized spacial score (nSPS) is 11.4. The predicted octanol–water partition coefficient (Wildman–Crippen LogP) is 5.17. The molecule has 0 aliphatic carbocycles. The van der Waals surface area contributed by atoms with Crippen molar-refractivity contribution in [2.24, 2.45) is 0 Å². The molecule has 0 spiro atoms. The maximum absolute atomic E-state index is 12.9. The third-order valence-corrected chi connectivity index (χ3v) is 7.91. The molecule has 5 aromatic rings. The number of nitrogens with zero attached hydrogens (tertiary/aromatic N) is 4. The average Bonchev–Trinajstić information content (AvgIpc) is 3.35. The highest BCUT2D eigenvalue weighted by Crippen LogP contribution is 2.29. The summed E-state index contributed by atoms with van der Waals surface area (Å²) < 4.78 is 35.3. The van der Waals surface area contributed by atoms with Gasteiger partial charge in [-0.05, 0) is 42.7 Å². The van der Waals surface area contributed by atoms with E-state index in [4.69, 9.17) is 9.72 Å². The molecule has 3 aromatic heterocycles. The number of benzene rings is 2. The lowest BCUT2D eigenvalue weighted by Crippen LogP contribution is -2.23. The number of aryl methyl sites for hydroxylation is 2. The van der Waals surface area contributed by atoms with Gasteiger partial charge in [0.1, 0.15) is 11.3 Å². The molecule has 0 atom stereocenters. The largest absolute Gasteiger partial charge is 0.461 e. The second-order valence-corrected chi connectivity index (χ2v) is 11.1. The molecular formula is C31H29N5O5S. The van der Waals surface area contributed by atoms with Gasteiger partial charge in [0.2, 0.25) is 0 Å². The van der Waals surface area contributed by atoms with Crippen LogP contribution in [-0.2, 0) is 27.7 Å². The number of esters is 1. The number of hydrogen-bond donors (Lipinski definition) is 1. The van der Waals surface area contributed by atoms with E-state index in [2.05, 4.69) is 14.7 Å². The molecular weight excluding hydrogens is 554 g/mol. The zero-order valence-electron chi connectivity index (χ0n) is 23.4. The fourth-order valence-electron chi connectivity index (χ4n) is 4.65. The van der Waals surface area contributed by atoms with Crippen molar-refractivity contribution in [3.05, 3.63) is 107 Å². The standard InChI is InChI=1S/C31H29N5O5S/c1-4-27-34-28-20(3)17-25(30(37)41-5-2)33-29(28)36(27)19-21-11-13-22(14-12-21)24-15-16-32-18-26(24)35-42(39,40)31(38)23-9-7-6-8-10-23/h6-18,35H,4-5,19H2,1-3H3. The van der Waals surface area contributed by atoms with Crippen molar-refractivity contribution in [3.63, 3.8) is 0 Å². The second-order valence-electron chi connectivity index (χ2n) is 9.56. The molecule has 2 aromatic carbocycles. The summed E-state index contributed by atoms with van der Waals surface area (Å²) in [5.74, 6) is 0.353. The first-order valence-corrected chi connectivity index (χ1v) is 14.9. The van der Waals surface area contributed by atoms with Crippen molar-refractivity contribution in [1.82, 2.24) is 19.5 Å². The van der Waals surface area contributed by atoms with Gasteiger partial charge in [-0.3, -0.25) is 14.5 Å². The Bertz CT molecular complexity index is 1880. The summed E-state index contributed by atoms with van der Waals surface area (Å²) in [4.78, 5) is 38.5. The Morgan fingerprint density at radius 3 is 2.40 bits per heavy atom. The monoisotopic (exact) mass is 583 g/mol. The molecule has 11 heteroatoms. The highest BCUT2D eigenvalue weighted by atomic mass is 32.2. The predicted molar refractivity (Wildman–Crippen MR) is 160 cm³/mol. The second kappa shape index (κ2) is 11.9. The van der Waals surface area contributed by atoms with Crippen LogP contribution < -0.4 is 4.72 Å². The van der Waals surface area contributed by atoms with Gasteiger partial charge in [0.25, 0.3) is 5.12 Å². The SMILES string of the molecule is CCOC(=O)c1cc(C)c2nc(CC)n(Cc3ccc(-c4ccncc4NS(=O)(=O)C(=O)c4ccccc4)cc3)c2n1. The molecule has 3 heterocycles. The topological polar surface area (TPSA) is 133 Å². The number of hydrogen-bond acceptors (Lipinski definition) is 8. The molecule has 5 rings (SSSR count). The summed E-state index contributed by atoms with van der Waals surface area (Å²) in [6, 6.07) is 18.8. The molecule has 0 bridgehead atoms. The molecule has 214 valence electrons. The van der Waals surface area contributed by atoms with Crippen LogP contribution in [0.25, 0.3) is 22.3 Å². The number of pyridine rings is 2. The first-order valence-electron chi connectivity index (χ1n) is 13.4. The van der Waals surface area contributed by atoms with Crippen molar-refractivity contribution in [2.45, 2.75) is 33.7 Å². The number of rotatable bonds is 9. The minimum Gasteiger partial charge on any atom is -0.461 e. The highest BCUT2D eigenvalue weighted by molar-refractivity contribution is 8.07. The lowest BCUT2D eigenvalue weighted by Gasteiger charge is -2.13. The van der Waals surface area contributed by atoms with E-state index in [0.717, 1.165) is 28.0 Å². The van der Waals surface area contributed by atoms with Gasteiger partial charge < -0.3 is 9.30 Å². The van der Waals surface area contributed by atoms with Gasteiger partial charge in [-0.25, -0.2) is 14.8 Å². The van der Waals surface area contributed by atoms with Crippen molar-refractivity contribution in [3.8, 4) is 11.1 Å². The highest BCUT2D eigenvalue weighted by Gasteiger charge is 2.25. The Labute approximate surface area is 243 Å². The zero-order chi connectivity index (χ0) is 29.9. The number of sulfonamides is 1. The number of anilines is 1. The lowest BCUT2D eigenvalue weighted by molar-refractivity contribution is 0.0519. The lowest BCUT2D eigenvalue weighted by atomic mass is 10.0. The van der Waals surface area contributed by atoms with Gasteiger partial charge in [0.05, 0.1) is 25.0 Å². The molecule has 0 radical (unpaired) electrons. The number of fused-ring (bicyclic) bond motifs is 1. The van der Waals surface area contributed by atoms with Crippen LogP contribution in [-0.4, -0.2) is 45.6 Å². The van der Waals surface area contributed by atoms with E-state index in [0.29, 0.717) is 24.2 Å². The molecule has 0 aliphatic rings. The van der Waals surface area contributed by atoms with Crippen LogP contribution >= 0.6 is 0 Å². The van der Waals surface area contributed by atoms with Gasteiger partial charge in [0, 0.05) is 23.7 Å². The molecule has 0 fully saturated rings. The van der Waals surface area contributed by atoms with E-state index < -0.39 is 21.1 Å². The van der Waals surface area contributed by atoms with E-state index >= 15 is 0 Å². The van der Waals surface area contributed by atoms with Crippen molar-refractivity contribution in [1.29, 1.82) is 0 Å². The summed E-state index contributed by atoms with van der Waals surface area (Å²) in [7, 11) is -4.36. The smallest absolute Gasteiger partial charge is 0.357 e. The first-order chi connectivity index (χ1) is 20.2. The molecule has 1 N–H and O–H groups in total. The molecule has 0 saturated heterocycles. The Balaban J connectivity index is 1.43. The van der Waals surface area contributed by atoms with Crippen molar-refractivity contribution < 1.29 is 22.7 Å². The molecule has 10 nitrogen and oxygen atoms in total. The number of nitrogens with one attached hydrogen (secondary N) is 1. The van der Waals surface area contributed by atoms with Crippen LogP contribution in [0.4, 0.5) is 5.69 Å². The minimum atomic E-state index is -4.36. The van der Waals surface area contributed by atoms with E-state index in [1.807, 2.05) is 42.7 Å². The Morgan fingerprint density at radius 2 is 1.71 bits per heavy atom. The number of aromatic nitrogens is 4. The van der Waals surface area contributed by atoms with Crippen LogP contribution in [0.5, 0.6) is 0 Å². The summed E-state index contributed by atoms with van der Waals surface area (Å²) in [5.41, 5.74) is 4.92. The fourth-order valence-corrected chi connectivity index (χ4v) is 5.64. The third-order valence-electron chi connectivity index (χ3n) is 6.70. The van der Waals surface area contributed by atoms with E-state index in [1.165, 1.54) is 18.3 Å². The Kier molecular flexibility index (Phi) is 8.12. The van der Waals surface area contributed by atoms with Gasteiger partial charge in [-0.15, -0.1) is 0 Å². The van der Waals surface area contributed by atoms with E-state index in [1.54, 1.807) is 43.5 Å². The zero-order valence-corrected chi connectivity index (χ0v) is 24.2. The maximum atomic E-state index is 12.9. The van der Waals surface area contributed by atoms with Crippen LogP contribution in [0, 0.1) is 6.92 Å². The van der Waals surface area contributed by atoms with Crippen LogP contribution in [0.15, 0.2) is 79.1 Å². The van der Waals surface area contributed by atoms with Crippen molar-refractivity contribution in [2.75, 3.05) is 11.3 Å². The maximum Gasteiger partial charge on any atom is 0.357 e. The molecule has 0 saturated carbocycles. The Morgan fingerprint density at radius 1 is 0.976 bits per heavy atom. The Hall–Kier alpha value is -4.90. The van der Waals surface area contributed by atoms with Gasteiger partial charge in [-0.1, -0.05) is 61.5 Å². The molecule has 42 heavy (non-hydrogen) atoms. The average molecular weight is 584 g/mol. The van der Waals surface area contributed by atoms with Crippen LogP contribution in [0.3, 0.4) is 0 Å². The van der Waals surface area contributed by atoms with Gasteiger partial charge >= 0.3 is 16.0 Å². The quantitative estimate of drug-likeness (QED) is 0.235. The summed E-state index contributed by atoms with van der Waals surface area (Å²) in [5, 5.41) is -1.03. The van der Waals surface area contributed by atoms with Crippen molar-refractivity contribution >= 4 is 38.0 Å².